The van der Waals surface area contributed by atoms with Gasteiger partial charge in [-0.05, 0) is 11.6 Å². The van der Waals surface area contributed by atoms with Crippen molar-refractivity contribution in [2.45, 2.75) is 12.8 Å². The lowest BCUT2D eigenvalue weighted by Gasteiger charge is -2.15. The minimum absolute atomic E-state index is 0.359. The quantitative estimate of drug-likeness (QED) is 0.751. The first-order valence-corrected chi connectivity index (χ1v) is 5.51. The summed E-state index contributed by atoms with van der Waals surface area (Å²) in [4.78, 5) is 0. The Balaban J connectivity index is 2.37. The molecule has 2 aromatic rings. The van der Waals surface area contributed by atoms with E-state index >= 15 is 0 Å². The van der Waals surface area contributed by atoms with E-state index in [1.807, 2.05) is 18.2 Å². The maximum absolute atomic E-state index is 5.39. The Bertz CT molecular complexity index is 448. The van der Waals surface area contributed by atoms with Crippen LogP contribution in [0, 0.1) is 0 Å². The highest BCUT2D eigenvalue weighted by Crippen LogP contribution is 2.30. The van der Waals surface area contributed by atoms with Crippen LogP contribution in [0.25, 0.3) is 0 Å². The summed E-state index contributed by atoms with van der Waals surface area (Å²) in [6, 6.07) is 18.7. The summed E-state index contributed by atoms with van der Waals surface area (Å²) in [6.45, 7) is 2.20. The van der Waals surface area contributed by atoms with E-state index in [9.17, 15) is 0 Å². The molecule has 1 heteroatoms. The zero-order chi connectivity index (χ0) is 11.4. The Morgan fingerprint density at radius 2 is 1.50 bits per heavy atom. The molecule has 82 valence electrons. The van der Waals surface area contributed by atoms with E-state index in [4.69, 9.17) is 4.74 Å². The SMILES string of the molecule is COc1ccccc1C(C)c1ccccc1. The lowest BCUT2D eigenvalue weighted by Crippen LogP contribution is -1.98. The molecule has 0 saturated heterocycles. The van der Waals surface area contributed by atoms with E-state index in [1.54, 1.807) is 7.11 Å². The molecule has 0 spiro atoms. The lowest BCUT2D eigenvalue weighted by molar-refractivity contribution is 0.408. The van der Waals surface area contributed by atoms with E-state index in [-0.39, 0.29) is 0 Å². The summed E-state index contributed by atoms with van der Waals surface area (Å²) in [5.41, 5.74) is 2.54. The molecular formula is C15H16O. The number of para-hydroxylation sites is 1. The van der Waals surface area contributed by atoms with Gasteiger partial charge >= 0.3 is 0 Å². The zero-order valence-electron chi connectivity index (χ0n) is 9.68. The first kappa shape index (κ1) is 10.7. The zero-order valence-corrected chi connectivity index (χ0v) is 9.68. The molecule has 0 aromatic heterocycles. The van der Waals surface area contributed by atoms with Gasteiger partial charge in [0.1, 0.15) is 5.75 Å². The molecule has 1 nitrogen and oxygen atoms in total. The molecule has 0 heterocycles. The number of methoxy groups -OCH3 is 1. The summed E-state index contributed by atoms with van der Waals surface area (Å²) in [5, 5.41) is 0. The molecule has 1 unspecified atom stereocenters. The van der Waals surface area contributed by atoms with Crippen molar-refractivity contribution < 1.29 is 4.74 Å². The Labute approximate surface area is 96.7 Å². The molecule has 1 atom stereocenters. The summed E-state index contributed by atoms with van der Waals surface area (Å²) < 4.78 is 5.39. The van der Waals surface area contributed by atoms with Gasteiger partial charge in [0.05, 0.1) is 7.11 Å². The second-order valence-electron chi connectivity index (χ2n) is 3.87. The minimum Gasteiger partial charge on any atom is -0.496 e. The summed E-state index contributed by atoms with van der Waals surface area (Å²) in [5.74, 6) is 1.32. The number of rotatable bonds is 3. The van der Waals surface area contributed by atoms with Crippen molar-refractivity contribution in [2.75, 3.05) is 7.11 Å². The fourth-order valence-electron chi connectivity index (χ4n) is 1.95. The van der Waals surface area contributed by atoms with Gasteiger partial charge in [-0.1, -0.05) is 55.5 Å². The third-order valence-corrected chi connectivity index (χ3v) is 2.91. The van der Waals surface area contributed by atoms with Crippen LogP contribution >= 0.6 is 0 Å². The second-order valence-corrected chi connectivity index (χ2v) is 3.87. The first-order valence-electron chi connectivity index (χ1n) is 5.51. The molecule has 16 heavy (non-hydrogen) atoms. The van der Waals surface area contributed by atoms with Crippen LogP contribution in [-0.4, -0.2) is 7.11 Å². The van der Waals surface area contributed by atoms with Crippen LogP contribution in [0.2, 0.25) is 0 Å². The van der Waals surface area contributed by atoms with E-state index in [0.717, 1.165) is 5.75 Å². The van der Waals surface area contributed by atoms with Gasteiger partial charge in [0.2, 0.25) is 0 Å². The van der Waals surface area contributed by atoms with E-state index in [2.05, 4.69) is 43.3 Å². The monoisotopic (exact) mass is 212 g/mol. The van der Waals surface area contributed by atoms with Crippen molar-refractivity contribution in [2.24, 2.45) is 0 Å². The van der Waals surface area contributed by atoms with Gasteiger partial charge in [0.25, 0.3) is 0 Å². The molecule has 0 saturated carbocycles. The van der Waals surface area contributed by atoms with Gasteiger partial charge in [-0.2, -0.15) is 0 Å². The van der Waals surface area contributed by atoms with E-state index in [1.165, 1.54) is 11.1 Å². The van der Waals surface area contributed by atoms with Crippen LogP contribution in [0.15, 0.2) is 54.6 Å². The molecule has 0 bridgehead atoms. The van der Waals surface area contributed by atoms with Crippen molar-refractivity contribution in [3.8, 4) is 5.75 Å². The predicted octanol–water partition coefficient (Wildman–Crippen LogP) is 3.85. The largest absolute Gasteiger partial charge is 0.496 e. The van der Waals surface area contributed by atoms with Gasteiger partial charge in [0.15, 0.2) is 0 Å². The summed E-state index contributed by atoms with van der Waals surface area (Å²) in [6.07, 6.45) is 0. The molecule has 0 amide bonds. The number of benzene rings is 2. The molecule has 0 N–H and O–H groups in total. The molecule has 0 aliphatic heterocycles. The summed E-state index contributed by atoms with van der Waals surface area (Å²) >= 11 is 0. The molecule has 0 aliphatic carbocycles. The Hall–Kier alpha value is -1.76. The summed E-state index contributed by atoms with van der Waals surface area (Å²) in [7, 11) is 1.72. The van der Waals surface area contributed by atoms with Gasteiger partial charge in [-0.25, -0.2) is 0 Å². The van der Waals surface area contributed by atoms with Crippen molar-refractivity contribution in [1.82, 2.24) is 0 Å². The normalized spacial score (nSPS) is 12.1. The smallest absolute Gasteiger partial charge is 0.122 e. The fraction of sp³-hybridized carbons (Fsp3) is 0.200. The Morgan fingerprint density at radius 1 is 0.875 bits per heavy atom. The van der Waals surface area contributed by atoms with Gasteiger partial charge in [-0.3, -0.25) is 0 Å². The molecule has 0 radical (unpaired) electrons. The molecule has 0 aliphatic rings. The lowest BCUT2D eigenvalue weighted by atomic mass is 9.92. The third kappa shape index (κ3) is 2.08. The first-order chi connectivity index (χ1) is 7.83. The average Bonchev–Trinajstić information content (AvgIpc) is 2.39. The van der Waals surface area contributed by atoms with Crippen LogP contribution < -0.4 is 4.74 Å². The van der Waals surface area contributed by atoms with Crippen LogP contribution in [0.5, 0.6) is 5.75 Å². The van der Waals surface area contributed by atoms with Crippen molar-refractivity contribution in [1.29, 1.82) is 0 Å². The van der Waals surface area contributed by atoms with Crippen LogP contribution in [-0.2, 0) is 0 Å². The van der Waals surface area contributed by atoms with Gasteiger partial charge < -0.3 is 4.74 Å². The van der Waals surface area contributed by atoms with Crippen molar-refractivity contribution in [3.05, 3.63) is 65.7 Å². The highest BCUT2D eigenvalue weighted by Gasteiger charge is 2.11. The second kappa shape index (κ2) is 4.84. The van der Waals surface area contributed by atoms with Crippen LogP contribution in [0.1, 0.15) is 24.0 Å². The Morgan fingerprint density at radius 3 is 2.19 bits per heavy atom. The molecule has 2 rings (SSSR count). The topological polar surface area (TPSA) is 9.23 Å². The highest BCUT2D eigenvalue weighted by atomic mass is 16.5. The van der Waals surface area contributed by atoms with E-state index in [0.29, 0.717) is 5.92 Å². The third-order valence-electron chi connectivity index (χ3n) is 2.91. The van der Waals surface area contributed by atoms with E-state index < -0.39 is 0 Å². The maximum Gasteiger partial charge on any atom is 0.122 e. The van der Waals surface area contributed by atoms with Gasteiger partial charge in [0, 0.05) is 11.5 Å². The van der Waals surface area contributed by atoms with Crippen LogP contribution in [0.3, 0.4) is 0 Å². The molecular weight excluding hydrogens is 196 g/mol. The minimum atomic E-state index is 0.359. The van der Waals surface area contributed by atoms with Crippen molar-refractivity contribution in [3.63, 3.8) is 0 Å². The average molecular weight is 212 g/mol. The van der Waals surface area contributed by atoms with Gasteiger partial charge in [-0.15, -0.1) is 0 Å². The van der Waals surface area contributed by atoms with Crippen molar-refractivity contribution >= 4 is 0 Å². The molecule has 0 fully saturated rings. The highest BCUT2D eigenvalue weighted by molar-refractivity contribution is 5.41. The maximum atomic E-state index is 5.39. The Kier molecular flexibility index (Phi) is 3.25. The molecule has 2 aromatic carbocycles. The number of ether oxygens (including phenoxy) is 1. The van der Waals surface area contributed by atoms with Crippen LogP contribution in [0.4, 0.5) is 0 Å². The number of hydrogen-bond donors (Lipinski definition) is 0. The number of hydrogen-bond acceptors (Lipinski definition) is 1. The predicted molar refractivity (Wildman–Crippen MR) is 67.0 cm³/mol. The standard InChI is InChI=1S/C15H16O/c1-12(13-8-4-3-5-9-13)14-10-6-7-11-15(14)16-2/h3-12H,1-2H3. The fourth-order valence-corrected chi connectivity index (χ4v) is 1.95.